The third-order valence-electron chi connectivity index (χ3n) is 5.78. The average molecular weight is 471 g/mol. The zero-order valence-corrected chi connectivity index (χ0v) is 21.0. The van der Waals surface area contributed by atoms with Gasteiger partial charge in [-0.05, 0) is 85.7 Å². The molecule has 5 nitrogen and oxygen atoms in total. The number of benzene rings is 2. The molecule has 0 aliphatic rings. The van der Waals surface area contributed by atoms with Crippen molar-refractivity contribution in [1.82, 2.24) is 10.3 Å². The molecule has 0 unspecified atom stereocenters. The maximum Gasteiger partial charge on any atom is 0.244 e. The predicted molar refractivity (Wildman–Crippen MR) is 142 cm³/mol. The fraction of sp³-hybridized carbons (Fsp3) is 0.267. The lowest BCUT2D eigenvalue weighted by Crippen LogP contribution is -2.31. The van der Waals surface area contributed by atoms with E-state index >= 15 is 0 Å². The van der Waals surface area contributed by atoms with Crippen molar-refractivity contribution >= 4 is 11.5 Å². The fourth-order valence-corrected chi connectivity index (χ4v) is 3.75. The highest BCUT2D eigenvalue weighted by atomic mass is 16.5. The largest absolute Gasteiger partial charge is 0.497 e. The Balaban J connectivity index is 1.62. The van der Waals surface area contributed by atoms with Gasteiger partial charge >= 0.3 is 0 Å². The molecular weight excluding hydrogens is 436 g/mol. The fourth-order valence-electron chi connectivity index (χ4n) is 3.75. The molecule has 0 saturated carbocycles. The van der Waals surface area contributed by atoms with E-state index in [4.69, 9.17) is 9.47 Å². The summed E-state index contributed by atoms with van der Waals surface area (Å²) < 4.78 is 10.6. The number of nitrogens with zero attached hydrogens (tertiary/aromatic N) is 1. The van der Waals surface area contributed by atoms with Crippen molar-refractivity contribution in [1.29, 1.82) is 0 Å². The molecular formula is C30H34N2O3. The highest BCUT2D eigenvalue weighted by Crippen LogP contribution is 2.27. The average Bonchev–Trinajstić information content (AvgIpc) is 2.88. The van der Waals surface area contributed by atoms with Gasteiger partial charge in [-0.1, -0.05) is 42.5 Å². The second kappa shape index (κ2) is 13.1. The monoisotopic (exact) mass is 470 g/mol. The van der Waals surface area contributed by atoms with Gasteiger partial charge in [-0.25, -0.2) is 0 Å². The quantitative estimate of drug-likeness (QED) is 0.279. The molecule has 1 aromatic heterocycles. The number of amides is 1. The lowest BCUT2D eigenvalue weighted by atomic mass is 9.97. The Hall–Kier alpha value is -3.86. The van der Waals surface area contributed by atoms with Gasteiger partial charge in [0, 0.05) is 24.0 Å². The number of pyridine rings is 1. The SMILES string of the molecule is COc1ccc(C(=CC=CC(=O)N[C@H](C)CCCc2ccc(C)nc2)c2ccc(OC)cc2)cc1. The molecule has 1 amide bonds. The molecule has 0 aliphatic carbocycles. The van der Waals surface area contributed by atoms with Gasteiger partial charge < -0.3 is 14.8 Å². The van der Waals surface area contributed by atoms with Crippen LogP contribution in [0.15, 0.2) is 85.1 Å². The molecule has 3 aromatic rings. The van der Waals surface area contributed by atoms with E-state index in [-0.39, 0.29) is 11.9 Å². The van der Waals surface area contributed by atoms with Crippen LogP contribution >= 0.6 is 0 Å². The summed E-state index contributed by atoms with van der Waals surface area (Å²) in [5.74, 6) is 1.49. The van der Waals surface area contributed by atoms with Crippen LogP contribution in [0.25, 0.3) is 5.57 Å². The zero-order chi connectivity index (χ0) is 25.0. The summed E-state index contributed by atoms with van der Waals surface area (Å²) in [6.07, 6.45) is 10.1. The number of hydrogen-bond acceptors (Lipinski definition) is 4. The van der Waals surface area contributed by atoms with Crippen molar-refractivity contribution in [2.45, 2.75) is 39.2 Å². The van der Waals surface area contributed by atoms with E-state index in [1.807, 2.05) is 80.7 Å². The zero-order valence-electron chi connectivity index (χ0n) is 21.0. The minimum atomic E-state index is -0.102. The van der Waals surface area contributed by atoms with Crippen molar-refractivity contribution in [2.75, 3.05) is 14.2 Å². The van der Waals surface area contributed by atoms with Crippen LogP contribution in [0.3, 0.4) is 0 Å². The van der Waals surface area contributed by atoms with Crippen LogP contribution in [0.5, 0.6) is 11.5 Å². The first-order chi connectivity index (χ1) is 17.0. The number of rotatable bonds is 11. The number of carbonyl (C=O) groups is 1. The maximum absolute atomic E-state index is 12.5. The standard InChI is InChI=1S/C30H34N2O3/c1-22-11-12-24(21-31-22)8-5-7-23(2)32-30(33)10-6-9-29(25-13-17-27(34-3)18-14-25)26-15-19-28(35-4)20-16-26/h6,9-21,23H,5,7-8H2,1-4H3,(H,32,33)/t23-/m1/s1. The Morgan fingerprint density at radius 2 is 1.54 bits per heavy atom. The van der Waals surface area contributed by atoms with Crippen molar-refractivity contribution in [3.63, 3.8) is 0 Å². The van der Waals surface area contributed by atoms with Crippen molar-refractivity contribution in [3.05, 3.63) is 107 Å². The predicted octanol–water partition coefficient (Wildman–Crippen LogP) is 5.92. The van der Waals surface area contributed by atoms with Crippen LogP contribution in [0.4, 0.5) is 0 Å². The molecule has 0 bridgehead atoms. The summed E-state index contributed by atoms with van der Waals surface area (Å²) in [6.45, 7) is 4.02. The van der Waals surface area contributed by atoms with Gasteiger partial charge in [-0.15, -0.1) is 0 Å². The second-order valence-electron chi connectivity index (χ2n) is 8.51. The topological polar surface area (TPSA) is 60.5 Å². The molecule has 5 heteroatoms. The molecule has 0 radical (unpaired) electrons. The van der Waals surface area contributed by atoms with Gasteiger partial charge in [0.05, 0.1) is 14.2 Å². The highest BCUT2D eigenvalue weighted by Gasteiger charge is 2.07. The first-order valence-corrected chi connectivity index (χ1v) is 11.9. The molecule has 0 fully saturated rings. The van der Waals surface area contributed by atoms with E-state index in [9.17, 15) is 4.79 Å². The second-order valence-corrected chi connectivity index (χ2v) is 8.51. The Kier molecular flexibility index (Phi) is 9.67. The molecule has 2 aromatic carbocycles. The summed E-state index contributed by atoms with van der Waals surface area (Å²) in [6, 6.07) is 20.0. The number of hydrogen-bond donors (Lipinski definition) is 1. The number of carbonyl (C=O) groups excluding carboxylic acids is 1. The molecule has 182 valence electrons. The van der Waals surface area contributed by atoms with Gasteiger partial charge in [0.1, 0.15) is 11.5 Å². The van der Waals surface area contributed by atoms with Crippen LogP contribution in [0, 0.1) is 6.92 Å². The molecule has 1 heterocycles. The van der Waals surface area contributed by atoms with Crippen LogP contribution < -0.4 is 14.8 Å². The van der Waals surface area contributed by atoms with Gasteiger partial charge in [0.2, 0.25) is 5.91 Å². The summed E-state index contributed by atoms with van der Waals surface area (Å²) in [7, 11) is 3.30. The van der Waals surface area contributed by atoms with Gasteiger partial charge in [-0.2, -0.15) is 0 Å². The van der Waals surface area contributed by atoms with Gasteiger partial charge in [0.25, 0.3) is 0 Å². The number of aromatic nitrogens is 1. The van der Waals surface area contributed by atoms with Gasteiger partial charge in [0.15, 0.2) is 0 Å². The van der Waals surface area contributed by atoms with E-state index in [0.29, 0.717) is 0 Å². The Morgan fingerprint density at radius 1 is 0.943 bits per heavy atom. The van der Waals surface area contributed by atoms with E-state index < -0.39 is 0 Å². The number of methoxy groups -OCH3 is 2. The lowest BCUT2D eigenvalue weighted by Gasteiger charge is -2.12. The number of nitrogens with one attached hydrogen (secondary N) is 1. The van der Waals surface area contributed by atoms with Crippen molar-refractivity contribution in [3.8, 4) is 11.5 Å². The summed E-state index contributed by atoms with van der Waals surface area (Å²) in [5, 5.41) is 3.06. The molecule has 1 N–H and O–H groups in total. The van der Waals surface area contributed by atoms with Crippen molar-refractivity contribution < 1.29 is 14.3 Å². The third kappa shape index (κ3) is 8.14. The molecule has 1 atom stereocenters. The Bertz CT molecular complexity index is 1080. The van der Waals surface area contributed by atoms with E-state index in [2.05, 4.69) is 16.4 Å². The normalized spacial score (nSPS) is 11.7. The van der Waals surface area contributed by atoms with Crippen molar-refractivity contribution in [2.24, 2.45) is 0 Å². The summed E-state index contributed by atoms with van der Waals surface area (Å²) in [4.78, 5) is 16.8. The molecule has 0 spiro atoms. The molecule has 0 saturated heterocycles. The Morgan fingerprint density at radius 3 is 2.06 bits per heavy atom. The van der Waals surface area contributed by atoms with Crippen LogP contribution in [0.1, 0.15) is 42.1 Å². The maximum atomic E-state index is 12.5. The minimum Gasteiger partial charge on any atom is -0.497 e. The summed E-state index contributed by atoms with van der Waals surface area (Å²) >= 11 is 0. The first-order valence-electron chi connectivity index (χ1n) is 11.9. The van der Waals surface area contributed by atoms with E-state index in [1.165, 1.54) is 5.56 Å². The van der Waals surface area contributed by atoms with Gasteiger partial charge in [-0.3, -0.25) is 9.78 Å². The van der Waals surface area contributed by atoms with Crippen LogP contribution in [0.2, 0.25) is 0 Å². The Labute approximate surface area is 208 Å². The smallest absolute Gasteiger partial charge is 0.244 e. The third-order valence-corrected chi connectivity index (χ3v) is 5.78. The number of allylic oxidation sites excluding steroid dienone is 2. The lowest BCUT2D eigenvalue weighted by molar-refractivity contribution is -0.117. The van der Waals surface area contributed by atoms with E-state index in [1.54, 1.807) is 26.4 Å². The molecule has 35 heavy (non-hydrogen) atoms. The highest BCUT2D eigenvalue weighted by molar-refractivity contribution is 5.89. The van der Waals surface area contributed by atoms with Crippen LogP contribution in [-0.4, -0.2) is 31.2 Å². The van der Waals surface area contributed by atoms with E-state index in [0.717, 1.165) is 53.2 Å². The number of aryl methyl sites for hydroxylation is 2. The molecule has 0 aliphatic heterocycles. The number of ether oxygens (including phenoxy) is 2. The minimum absolute atomic E-state index is 0.0946. The molecule has 3 rings (SSSR count). The summed E-state index contributed by atoms with van der Waals surface area (Å²) in [5.41, 5.74) is 5.31. The van der Waals surface area contributed by atoms with Crippen LogP contribution in [-0.2, 0) is 11.2 Å². The first kappa shape index (κ1) is 25.8.